The largest absolute Gasteiger partial charge is 0.305 e. The van der Waals surface area contributed by atoms with Gasteiger partial charge in [-0.2, -0.15) is 0 Å². The van der Waals surface area contributed by atoms with Crippen LogP contribution in [0.2, 0.25) is 0 Å². The molecule has 0 aliphatic rings. The molecule has 0 saturated carbocycles. The van der Waals surface area contributed by atoms with Gasteiger partial charge in [0.15, 0.2) is 11.0 Å². The van der Waals surface area contributed by atoms with E-state index in [0.29, 0.717) is 0 Å². The molecule has 0 unspecified atom stereocenters. The SMILES string of the molecule is Cn1c(SCc2nc3cccnc3s2)nnc1-c1ccccc1. The minimum absolute atomic E-state index is 0.766. The van der Waals surface area contributed by atoms with E-state index in [1.807, 2.05) is 54.1 Å². The fourth-order valence-corrected chi connectivity index (χ4v) is 4.09. The fraction of sp³-hybridized carbons (Fsp3) is 0.125. The van der Waals surface area contributed by atoms with Crippen molar-refractivity contribution in [2.24, 2.45) is 7.05 Å². The van der Waals surface area contributed by atoms with E-state index < -0.39 is 0 Å². The number of thioether (sulfide) groups is 1. The molecule has 1 aromatic carbocycles. The summed E-state index contributed by atoms with van der Waals surface area (Å²) < 4.78 is 2.02. The molecule has 3 aromatic heterocycles. The summed E-state index contributed by atoms with van der Waals surface area (Å²) in [6, 6.07) is 14.0. The van der Waals surface area contributed by atoms with Gasteiger partial charge in [-0.3, -0.25) is 0 Å². The highest BCUT2D eigenvalue weighted by molar-refractivity contribution is 7.98. The van der Waals surface area contributed by atoms with Crippen LogP contribution in [0.1, 0.15) is 5.01 Å². The third-order valence-corrected chi connectivity index (χ3v) is 5.60. The zero-order chi connectivity index (χ0) is 15.6. The third kappa shape index (κ3) is 2.85. The summed E-state index contributed by atoms with van der Waals surface area (Å²) >= 11 is 3.27. The Morgan fingerprint density at radius 1 is 1.09 bits per heavy atom. The molecule has 0 amide bonds. The average molecular weight is 339 g/mol. The van der Waals surface area contributed by atoms with Crippen LogP contribution in [0.25, 0.3) is 21.7 Å². The van der Waals surface area contributed by atoms with Crippen molar-refractivity contribution >= 4 is 33.4 Å². The lowest BCUT2D eigenvalue weighted by Crippen LogP contribution is -1.94. The minimum Gasteiger partial charge on any atom is -0.305 e. The van der Waals surface area contributed by atoms with Crippen molar-refractivity contribution in [3.8, 4) is 11.4 Å². The van der Waals surface area contributed by atoms with Crippen LogP contribution in [0, 0.1) is 0 Å². The second kappa shape index (κ2) is 6.10. The molecule has 0 N–H and O–H groups in total. The van der Waals surface area contributed by atoms with E-state index >= 15 is 0 Å². The second-order valence-corrected chi connectivity index (χ2v) is 6.96. The molecule has 23 heavy (non-hydrogen) atoms. The van der Waals surface area contributed by atoms with Crippen molar-refractivity contribution in [3.63, 3.8) is 0 Å². The topological polar surface area (TPSA) is 56.5 Å². The van der Waals surface area contributed by atoms with E-state index in [9.17, 15) is 0 Å². The average Bonchev–Trinajstić information content (AvgIpc) is 3.17. The first-order chi connectivity index (χ1) is 11.3. The molecule has 0 atom stereocenters. The zero-order valence-electron chi connectivity index (χ0n) is 12.4. The highest BCUT2D eigenvalue weighted by Gasteiger charge is 2.12. The summed E-state index contributed by atoms with van der Waals surface area (Å²) in [4.78, 5) is 9.91. The Morgan fingerprint density at radius 2 is 1.96 bits per heavy atom. The molecular formula is C16H13N5S2. The third-order valence-electron chi connectivity index (χ3n) is 3.40. The maximum absolute atomic E-state index is 4.60. The summed E-state index contributed by atoms with van der Waals surface area (Å²) in [5.74, 6) is 1.64. The monoisotopic (exact) mass is 339 g/mol. The van der Waals surface area contributed by atoms with Gasteiger partial charge in [-0.1, -0.05) is 53.4 Å². The molecule has 0 saturated heterocycles. The summed E-state index contributed by atoms with van der Waals surface area (Å²) in [7, 11) is 1.99. The summed E-state index contributed by atoms with van der Waals surface area (Å²) in [6.07, 6.45) is 1.80. The first-order valence-electron chi connectivity index (χ1n) is 7.09. The molecule has 0 bridgehead atoms. The van der Waals surface area contributed by atoms with Crippen molar-refractivity contribution in [1.29, 1.82) is 0 Å². The molecule has 5 nitrogen and oxygen atoms in total. The van der Waals surface area contributed by atoms with E-state index in [2.05, 4.69) is 20.2 Å². The van der Waals surface area contributed by atoms with Crippen LogP contribution in [0.15, 0.2) is 53.8 Å². The number of pyridine rings is 1. The fourth-order valence-electron chi connectivity index (χ4n) is 2.28. The molecule has 0 spiro atoms. The quantitative estimate of drug-likeness (QED) is 0.530. The summed E-state index contributed by atoms with van der Waals surface area (Å²) in [5, 5.41) is 10.5. The zero-order valence-corrected chi connectivity index (χ0v) is 14.0. The molecule has 0 radical (unpaired) electrons. The van der Waals surface area contributed by atoms with Crippen molar-refractivity contribution < 1.29 is 0 Å². The standard InChI is InChI=1S/C16H13N5S2/c1-21-14(11-6-3-2-4-7-11)19-20-16(21)22-10-13-18-12-8-5-9-17-15(12)23-13/h2-9H,10H2,1H3. The van der Waals surface area contributed by atoms with Gasteiger partial charge < -0.3 is 4.57 Å². The first-order valence-corrected chi connectivity index (χ1v) is 8.89. The van der Waals surface area contributed by atoms with Gasteiger partial charge in [-0.15, -0.1) is 10.2 Å². The normalized spacial score (nSPS) is 11.2. The molecular weight excluding hydrogens is 326 g/mol. The predicted octanol–water partition coefficient (Wildman–Crippen LogP) is 3.78. The van der Waals surface area contributed by atoms with Crippen molar-refractivity contribution in [1.82, 2.24) is 24.7 Å². The Hall–Kier alpha value is -2.25. The molecule has 7 heteroatoms. The Bertz CT molecular complexity index is 912. The van der Waals surface area contributed by atoms with E-state index in [0.717, 1.165) is 37.7 Å². The molecule has 4 aromatic rings. The number of hydrogen-bond acceptors (Lipinski definition) is 6. The number of rotatable bonds is 4. The Balaban J connectivity index is 1.54. The number of fused-ring (bicyclic) bond motifs is 1. The van der Waals surface area contributed by atoms with E-state index in [1.54, 1.807) is 29.3 Å². The summed E-state index contributed by atoms with van der Waals surface area (Å²) in [6.45, 7) is 0. The van der Waals surface area contributed by atoms with Gasteiger partial charge in [-0.25, -0.2) is 9.97 Å². The lowest BCUT2D eigenvalue weighted by atomic mass is 10.2. The molecule has 0 fully saturated rings. The van der Waals surface area contributed by atoms with Gasteiger partial charge in [-0.05, 0) is 12.1 Å². The molecule has 114 valence electrons. The molecule has 3 heterocycles. The van der Waals surface area contributed by atoms with Gasteiger partial charge in [0.25, 0.3) is 0 Å². The van der Waals surface area contributed by atoms with Crippen LogP contribution in [-0.2, 0) is 12.8 Å². The van der Waals surface area contributed by atoms with Crippen LogP contribution in [0.5, 0.6) is 0 Å². The number of benzene rings is 1. The number of hydrogen-bond donors (Lipinski definition) is 0. The van der Waals surface area contributed by atoms with Crippen LogP contribution in [0.3, 0.4) is 0 Å². The summed E-state index contributed by atoms with van der Waals surface area (Å²) in [5.41, 5.74) is 2.02. The smallest absolute Gasteiger partial charge is 0.191 e. The maximum atomic E-state index is 4.60. The molecule has 0 aliphatic heterocycles. The van der Waals surface area contributed by atoms with Crippen molar-refractivity contribution in [2.75, 3.05) is 0 Å². The van der Waals surface area contributed by atoms with Crippen LogP contribution >= 0.6 is 23.1 Å². The molecule has 0 aliphatic carbocycles. The van der Waals surface area contributed by atoms with Crippen LogP contribution in [0.4, 0.5) is 0 Å². The van der Waals surface area contributed by atoms with Gasteiger partial charge in [0.2, 0.25) is 0 Å². The van der Waals surface area contributed by atoms with Crippen LogP contribution in [-0.4, -0.2) is 24.7 Å². The highest BCUT2D eigenvalue weighted by atomic mass is 32.2. The number of nitrogens with zero attached hydrogens (tertiary/aromatic N) is 5. The number of aromatic nitrogens is 5. The Morgan fingerprint density at radius 3 is 2.78 bits per heavy atom. The van der Waals surface area contributed by atoms with E-state index in [-0.39, 0.29) is 0 Å². The Labute approximate surface area is 141 Å². The van der Waals surface area contributed by atoms with Crippen LogP contribution < -0.4 is 0 Å². The lowest BCUT2D eigenvalue weighted by Gasteiger charge is -2.02. The Kier molecular flexibility index (Phi) is 3.80. The lowest BCUT2D eigenvalue weighted by molar-refractivity contribution is 0.793. The minimum atomic E-state index is 0.766. The predicted molar refractivity (Wildman–Crippen MR) is 93.4 cm³/mol. The van der Waals surface area contributed by atoms with E-state index in [1.165, 1.54) is 0 Å². The van der Waals surface area contributed by atoms with Crippen molar-refractivity contribution in [2.45, 2.75) is 10.9 Å². The first kappa shape index (κ1) is 14.3. The molecule has 4 rings (SSSR count). The van der Waals surface area contributed by atoms with Gasteiger partial charge in [0, 0.05) is 18.8 Å². The van der Waals surface area contributed by atoms with Gasteiger partial charge in [0.05, 0.1) is 5.75 Å². The van der Waals surface area contributed by atoms with Crippen molar-refractivity contribution in [3.05, 3.63) is 53.7 Å². The number of thiazole rings is 1. The maximum Gasteiger partial charge on any atom is 0.191 e. The van der Waals surface area contributed by atoms with E-state index in [4.69, 9.17) is 0 Å². The van der Waals surface area contributed by atoms with Gasteiger partial charge >= 0.3 is 0 Å². The second-order valence-electron chi connectivity index (χ2n) is 4.96. The van der Waals surface area contributed by atoms with Gasteiger partial charge in [0.1, 0.15) is 15.4 Å². The highest BCUT2D eigenvalue weighted by Crippen LogP contribution is 2.28.